The van der Waals surface area contributed by atoms with Crippen molar-refractivity contribution in [3.63, 3.8) is 0 Å². The lowest BCUT2D eigenvalue weighted by atomic mass is 10.2. The van der Waals surface area contributed by atoms with Gasteiger partial charge in [-0.05, 0) is 60.7 Å². The number of amides is 1. The average Bonchev–Trinajstić information content (AvgIpc) is 3.12. The minimum Gasteiger partial charge on any atom is -0.436 e. The predicted molar refractivity (Wildman–Crippen MR) is 120 cm³/mol. The number of hydrogen-bond donors (Lipinski definition) is 2. The second-order valence-corrected chi connectivity index (χ2v) is 7.47. The van der Waals surface area contributed by atoms with Crippen LogP contribution < -0.4 is 10.6 Å². The number of benzene rings is 3. The van der Waals surface area contributed by atoms with Crippen LogP contribution in [0.4, 0.5) is 10.1 Å². The lowest BCUT2D eigenvalue weighted by Gasteiger charge is -2.11. The summed E-state index contributed by atoms with van der Waals surface area (Å²) < 4.78 is 19.5. The zero-order valence-electron chi connectivity index (χ0n) is 15.1. The highest BCUT2D eigenvalue weighted by atomic mass is 35.5. The van der Waals surface area contributed by atoms with Gasteiger partial charge in [-0.3, -0.25) is 10.1 Å². The lowest BCUT2D eigenvalue weighted by molar-refractivity contribution is 0.0974. The van der Waals surface area contributed by atoms with Gasteiger partial charge in [-0.15, -0.1) is 0 Å². The van der Waals surface area contributed by atoms with Crippen molar-refractivity contribution in [2.24, 2.45) is 0 Å². The van der Waals surface area contributed by atoms with Gasteiger partial charge in [0.25, 0.3) is 5.91 Å². The van der Waals surface area contributed by atoms with Crippen LogP contribution in [0.15, 0.2) is 65.1 Å². The molecule has 4 aromatic rings. The second-order valence-electron chi connectivity index (χ2n) is 6.21. The highest BCUT2D eigenvalue weighted by Crippen LogP contribution is 2.33. The van der Waals surface area contributed by atoms with Gasteiger partial charge >= 0.3 is 0 Å². The Labute approximate surface area is 185 Å². The van der Waals surface area contributed by atoms with Crippen molar-refractivity contribution in [1.82, 2.24) is 10.3 Å². The Morgan fingerprint density at radius 2 is 1.87 bits per heavy atom. The summed E-state index contributed by atoms with van der Waals surface area (Å²) in [4.78, 5) is 16.6. The summed E-state index contributed by atoms with van der Waals surface area (Å²) in [6, 6.07) is 15.7. The van der Waals surface area contributed by atoms with Gasteiger partial charge in [-0.2, -0.15) is 0 Å². The van der Waals surface area contributed by atoms with Gasteiger partial charge in [0.2, 0.25) is 5.89 Å². The Bertz CT molecular complexity index is 1290. The largest absolute Gasteiger partial charge is 0.436 e. The molecule has 150 valence electrons. The molecule has 5 nitrogen and oxygen atoms in total. The third kappa shape index (κ3) is 4.28. The molecular formula is C21H12Cl2FN3O2S. The number of oxazole rings is 1. The number of hydrogen-bond acceptors (Lipinski definition) is 4. The highest BCUT2D eigenvalue weighted by Gasteiger charge is 2.15. The first-order chi connectivity index (χ1) is 14.4. The summed E-state index contributed by atoms with van der Waals surface area (Å²) in [5.74, 6) is -0.986. The smallest absolute Gasteiger partial charge is 0.260 e. The molecule has 0 aliphatic carbocycles. The van der Waals surface area contributed by atoms with Crippen molar-refractivity contribution >= 4 is 63.2 Å². The second kappa shape index (κ2) is 8.39. The summed E-state index contributed by atoms with van der Waals surface area (Å²) in [6.07, 6.45) is 0. The molecule has 0 unspecified atom stereocenters. The van der Waals surface area contributed by atoms with E-state index in [-0.39, 0.29) is 10.7 Å². The Morgan fingerprint density at radius 1 is 1.07 bits per heavy atom. The van der Waals surface area contributed by atoms with Gasteiger partial charge in [-0.25, -0.2) is 9.37 Å². The van der Waals surface area contributed by atoms with Gasteiger partial charge in [-0.1, -0.05) is 35.3 Å². The van der Waals surface area contributed by atoms with Gasteiger partial charge in [0.1, 0.15) is 11.3 Å². The number of thiocarbonyl (C=S) groups is 1. The number of anilines is 1. The molecule has 0 radical (unpaired) electrons. The van der Waals surface area contributed by atoms with Gasteiger partial charge < -0.3 is 9.73 Å². The number of rotatable bonds is 3. The Kier molecular flexibility index (Phi) is 5.67. The van der Waals surface area contributed by atoms with E-state index in [1.807, 2.05) is 0 Å². The van der Waals surface area contributed by atoms with E-state index in [0.717, 1.165) is 0 Å². The van der Waals surface area contributed by atoms with E-state index in [4.69, 9.17) is 39.8 Å². The van der Waals surface area contributed by atoms with Gasteiger partial charge in [0.15, 0.2) is 10.7 Å². The highest BCUT2D eigenvalue weighted by molar-refractivity contribution is 7.80. The summed E-state index contributed by atoms with van der Waals surface area (Å²) in [5, 5.41) is 6.27. The summed E-state index contributed by atoms with van der Waals surface area (Å²) >= 11 is 17.5. The van der Waals surface area contributed by atoms with E-state index in [0.29, 0.717) is 38.3 Å². The molecule has 30 heavy (non-hydrogen) atoms. The topological polar surface area (TPSA) is 67.2 Å². The lowest BCUT2D eigenvalue weighted by Crippen LogP contribution is -2.34. The van der Waals surface area contributed by atoms with Crippen LogP contribution in [0.3, 0.4) is 0 Å². The third-order valence-electron chi connectivity index (χ3n) is 4.15. The zero-order chi connectivity index (χ0) is 21.3. The maximum absolute atomic E-state index is 13.8. The number of carbonyl (C=O) groups is 1. The SMILES string of the molecule is O=C(NC(=S)Nc1ccc(Cl)c(-c2nc3cc(Cl)ccc3o2)c1)c1ccccc1F. The minimum atomic E-state index is -0.657. The van der Waals surface area contributed by atoms with E-state index in [2.05, 4.69) is 15.6 Å². The van der Waals surface area contributed by atoms with Crippen molar-refractivity contribution in [3.8, 4) is 11.5 Å². The standard InChI is InChI=1S/C21H12Cl2FN3O2S/c22-11-5-8-18-17(9-11)26-20(29-18)14-10-12(6-7-15(14)23)25-21(30)27-19(28)13-3-1-2-4-16(13)24/h1-10H,(H2,25,27,28,30). The predicted octanol–water partition coefficient (Wildman–Crippen LogP) is 6.07. The van der Waals surface area contributed by atoms with Crippen LogP contribution in [-0.4, -0.2) is 16.0 Å². The molecule has 0 saturated carbocycles. The Morgan fingerprint density at radius 3 is 2.67 bits per heavy atom. The first-order valence-electron chi connectivity index (χ1n) is 8.63. The molecule has 0 fully saturated rings. The number of fused-ring (bicyclic) bond motifs is 1. The Balaban J connectivity index is 1.54. The molecule has 1 heterocycles. The van der Waals surface area contributed by atoms with Gasteiger partial charge in [0.05, 0.1) is 16.1 Å². The molecule has 1 amide bonds. The molecule has 4 rings (SSSR count). The van der Waals surface area contributed by atoms with Crippen LogP contribution in [0.25, 0.3) is 22.6 Å². The molecule has 1 aromatic heterocycles. The van der Waals surface area contributed by atoms with E-state index >= 15 is 0 Å². The molecule has 0 aliphatic rings. The van der Waals surface area contributed by atoms with Crippen molar-refractivity contribution in [1.29, 1.82) is 0 Å². The van der Waals surface area contributed by atoms with Crippen molar-refractivity contribution in [3.05, 3.63) is 82.1 Å². The van der Waals surface area contributed by atoms with E-state index < -0.39 is 11.7 Å². The fraction of sp³-hybridized carbons (Fsp3) is 0. The fourth-order valence-electron chi connectivity index (χ4n) is 2.76. The molecule has 0 bridgehead atoms. The monoisotopic (exact) mass is 459 g/mol. The summed E-state index contributed by atoms with van der Waals surface area (Å²) in [6.45, 7) is 0. The molecule has 9 heteroatoms. The van der Waals surface area contributed by atoms with Crippen molar-refractivity contribution in [2.75, 3.05) is 5.32 Å². The maximum atomic E-state index is 13.8. The fourth-order valence-corrected chi connectivity index (χ4v) is 3.34. The van der Waals surface area contributed by atoms with Crippen LogP contribution in [-0.2, 0) is 0 Å². The van der Waals surface area contributed by atoms with Crippen LogP contribution in [0.5, 0.6) is 0 Å². The summed E-state index contributed by atoms with van der Waals surface area (Å²) in [7, 11) is 0. The van der Waals surface area contributed by atoms with E-state index in [1.165, 1.54) is 18.2 Å². The normalized spacial score (nSPS) is 10.8. The average molecular weight is 460 g/mol. The van der Waals surface area contributed by atoms with Crippen LogP contribution >= 0.6 is 35.4 Å². The first-order valence-corrected chi connectivity index (χ1v) is 9.80. The Hall–Kier alpha value is -3.00. The molecule has 0 aliphatic heterocycles. The quantitative estimate of drug-likeness (QED) is 0.364. The number of nitrogens with one attached hydrogen (secondary N) is 2. The molecular weight excluding hydrogens is 448 g/mol. The van der Waals surface area contributed by atoms with Crippen LogP contribution in [0.2, 0.25) is 10.0 Å². The summed E-state index contributed by atoms with van der Waals surface area (Å²) in [5.41, 5.74) is 2.12. The molecule has 0 spiro atoms. The van der Waals surface area contributed by atoms with Crippen LogP contribution in [0, 0.1) is 5.82 Å². The first kappa shape index (κ1) is 20.3. The molecule has 0 saturated heterocycles. The number of aromatic nitrogens is 1. The zero-order valence-corrected chi connectivity index (χ0v) is 17.4. The number of nitrogens with zero attached hydrogens (tertiary/aromatic N) is 1. The number of carbonyl (C=O) groups excluding carboxylic acids is 1. The molecule has 3 aromatic carbocycles. The minimum absolute atomic E-state index is 0.000808. The van der Waals surface area contributed by atoms with Crippen molar-refractivity contribution < 1.29 is 13.6 Å². The maximum Gasteiger partial charge on any atom is 0.260 e. The van der Waals surface area contributed by atoms with E-state index in [1.54, 1.807) is 42.5 Å². The third-order valence-corrected chi connectivity index (χ3v) is 4.92. The number of halogens is 3. The van der Waals surface area contributed by atoms with Crippen molar-refractivity contribution in [2.45, 2.75) is 0 Å². The molecule has 0 atom stereocenters. The van der Waals surface area contributed by atoms with E-state index in [9.17, 15) is 9.18 Å². The molecule has 2 N–H and O–H groups in total. The van der Waals surface area contributed by atoms with Crippen LogP contribution in [0.1, 0.15) is 10.4 Å². The van der Waals surface area contributed by atoms with Gasteiger partial charge in [0, 0.05) is 10.7 Å².